The molecule has 6 heteroatoms. The number of hydrogen-bond acceptors (Lipinski definition) is 3. The van der Waals surface area contributed by atoms with Gasteiger partial charge < -0.3 is 10.1 Å². The van der Waals surface area contributed by atoms with Gasteiger partial charge in [-0.25, -0.2) is 18.6 Å². The zero-order valence-electron chi connectivity index (χ0n) is 13.8. The lowest BCUT2D eigenvalue weighted by molar-refractivity contribution is -0.0936. The minimum atomic E-state index is -2.58. The van der Waals surface area contributed by atoms with Gasteiger partial charge in [-0.1, -0.05) is 36.3 Å². The molecule has 1 saturated carbocycles. The second kappa shape index (κ2) is 6.41. The number of ether oxygens (including phenoxy) is 1. The summed E-state index contributed by atoms with van der Waals surface area (Å²) >= 11 is 0. The normalized spacial score (nSPS) is 24.0. The number of carbonyl (C=O) groups is 1. The summed E-state index contributed by atoms with van der Waals surface area (Å²) in [5.41, 5.74) is 2.19. The molecule has 2 unspecified atom stereocenters. The lowest BCUT2D eigenvalue weighted by Gasteiger charge is -2.31. The van der Waals surface area contributed by atoms with Crippen LogP contribution in [-0.4, -0.2) is 17.0 Å². The van der Waals surface area contributed by atoms with E-state index in [1.54, 1.807) is 18.3 Å². The van der Waals surface area contributed by atoms with Gasteiger partial charge in [0.05, 0.1) is 6.04 Å². The maximum absolute atomic E-state index is 12.9. The Kier molecular flexibility index (Phi) is 4.08. The van der Waals surface area contributed by atoms with Crippen LogP contribution in [0.2, 0.25) is 0 Å². The number of aromatic nitrogens is 1. The maximum Gasteiger partial charge on any atom is 0.408 e. The van der Waals surface area contributed by atoms with Gasteiger partial charge in [0.25, 0.3) is 5.92 Å². The largest absolute Gasteiger partial charge is 0.439 e. The Morgan fingerprint density at radius 2 is 1.92 bits per heavy atom. The number of amides is 1. The summed E-state index contributed by atoms with van der Waals surface area (Å²) in [6.45, 7) is 0. The average Bonchev–Trinajstić information content (AvgIpc) is 3.01. The van der Waals surface area contributed by atoms with E-state index < -0.39 is 18.1 Å². The van der Waals surface area contributed by atoms with E-state index in [1.807, 2.05) is 30.3 Å². The van der Waals surface area contributed by atoms with Crippen LogP contribution in [0.1, 0.15) is 41.8 Å². The van der Waals surface area contributed by atoms with E-state index in [9.17, 15) is 13.6 Å². The van der Waals surface area contributed by atoms with Crippen molar-refractivity contribution in [2.24, 2.45) is 5.92 Å². The highest BCUT2D eigenvalue weighted by Gasteiger charge is 2.44. The summed E-state index contributed by atoms with van der Waals surface area (Å²) in [5, 5.41) is 2.81. The molecule has 0 bridgehead atoms. The van der Waals surface area contributed by atoms with Crippen LogP contribution in [0.25, 0.3) is 0 Å². The van der Waals surface area contributed by atoms with Crippen molar-refractivity contribution in [1.29, 1.82) is 0 Å². The van der Waals surface area contributed by atoms with Crippen LogP contribution >= 0.6 is 0 Å². The van der Waals surface area contributed by atoms with Gasteiger partial charge in [-0.2, -0.15) is 0 Å². The molecular formula is C20H16F2N2O2. The fourth-order valence-corrected chi connectivity index (χ4v) is 3.23. The molecule has 4 nitrogen and oxygen atoms in total. The van der Waals surface area contributed by atoms with Crippen molar-refractivity contribution < 1.29 is 18.3 Å². The van der Waals surface area contributed by atoms with Crippen molar-refractivity contribution in [3.8, 4) is 11.8 Å². The van der Waals surface area contributed by atoms with Crippen molar-refractivity contribution in [1.82, 2.24) is 10.3 Å². The van der Waals surface area contributed by atoms with E-state index in [0.717, 1.165) is 11.1 Å². The number of halogens is 2. The van der Waals surface area contributed by atoms with Gasteiger partial charge in [-0.3, -0.25) is 0 Å². The Morgan fingerprint density at radius 1 is 1.15 bits per heavy atom. The number of hydrogen-bond donors (Lipinski definition) is 1. The second-order valence-corrected chi connectivity index (χ2v) is 6.56. The number of nitrogens with zero attached hydrogens (tertiary/aromatic N) is 1. The zero-order valence-corrected chi connectivity index (χ0v) is 13.8. The number of carbonyl (C=O) groups excluding carboxylic acids is 1. The van der Waals surface area contributed by atoms with Crippen LogP contribution in [0.15, 0.2) is 48.7 Å². The molecule has 1 aromatic heterocycles. The molecule has 1 aromatic carbocycles. The van der Waals surface area contributed by atoms with Crippen LogP contribution in [-0.2, 0) is 4.74 Å². The predicted octanol–water partition coefficient (Wildman–Crippen LogP) is 4.00. The molecule has 1 N–H and O–H groups in total. The fourth-order valence-electron chi connectivity index (χ4n) is 3.23. The molecule has 26 heavy (non-hydrogen) atoms. The first kappa shape index (κ1) is 16.5. The molecule has 0 radical (unpaired) electrons. The highest BCUT2D eigenvalue weighted by Crippen LogP contribution is 2.42. The molecule has 2 atom stereocenters. The van der Waals surface area contributed by atoms with Gasteiger partial charge in [-0.15, -0.1) is 0 Å². The van der Waals surface area contributed by atoms with E-state index in [1.165, 1.54) is 0 Å². The Bertz CT molecular complexity index is 881. The first-order chi connectivity index (χ1) is 12.5. The third kappa shape index (κ3) is 3.38. The highest BCUT2D eigenvalue weighted by molar-refractivity contribution is 5.71. The topological polar surface area (TPSA) is 51.2 Å². The summed E-state index contributed by atoms with van der Waals surface area (Å²) in [6.07, 6.45) is 0.286. The number of cyclic esters (lactones) is 1. The number of benzene rings is 1. The van der Waals surface area contributed by atoms with Gasteiger partial charge in [0.15, 0.2) is 6.10 Å². The van der Waals surface area contributed by atoms with Crippen molar-refractivity contribution in [3.63, 3.8) is 0 Å². The summed E-state index contributed by atoms with van der Waals surface area (Å²) in [4.78, 5) is 15.9. The van der Waals surface area contributed by atoms with E-state index in [2.05, 4.69) is 22.1 Å². The molecule has 2 heterocycles. The Hall–Kier alpha value is -2.94. The summed E-state index contributed by atoms with van der Waals surface area (Å²) in [5.74, 6) is 2.85. The van der Waals surface area contributed by atoms with Crippen LogP contribution in [0.4, 0.5) is 13.6 Å². The predicted molar refractivity (Wildman–Crippen MR) is 90.3 cm³/mol. The van der Waals surface area contributed by atoms with Gasteiger partial charge in [0, 0.05) is 25.0 Å². The van der Waals surface area contributed by atoms with Crippen LogP contribution in [0.3, 0.4) is 0 Å². The minimum Gasteiger partial charge on any atom is -0.439 e. The molecular weight excluding hydrogens is 338 g/mol. The van der Waals surface area contributed by atoms with Gasteiger partial charge >= 0.3 is 6.09 Å². The van der Waals surface area contributed by atoms with Crippen LogP contribution in [0.5, 0.6) is 0 Å². The third-order valence-electron chi connectivity index (χ3n) is 4.58. The lowest BCUT2D eigenvalue weighted by Crippen LogP contribution is -2.34. The monoisotopic (exact) mass is 354 g/mol. The number of rotatable bonds is 2. The van der Waals surface area contributed by atoms with E-state index in [4.69, 9.17) is 4.74 Å². The average molecular weight is 354 g/mol. The maximum atomic E-state index is 12.9. The summed E-state index contributed by atoms with van der Waals surface area (Å²) in [7, 11) is 0. The molecule has 2 aromatic rings. The van der Waals surface area contributed by atoms with Gasteiger partial charge in [0.1, 0.15) is 5.69 Å². The lowest BCUT2D eigenvalue weighted by atomic mass is 9.82. The van der Waals surface area contributed by atoms with Crippen molar-refractivity contribution in [2.75, 3.05) is 0 Å². The quantitative estimate of drug-likeness (QED) is 0.830. The fraction of sp³-hybridized carbons (Fsp3) is 0.300. The zero-order chi connectivity index (χ0) is 18.1. The molecule has 1 amide bonds. The van der Waals surface area contributed by atoms with Crippen molar-refractivity contribution in [3.05, 3.63) is 65.5 Å². The molecule has 2 fully saturated rings. The van der Waals surface area contributed by atoms with Gasteiger partial charge in [0.2, 0.25) is 0 Å². The number of alkyl carbamates (subject to hydrolysis) is 1. The Balaban J connectivity index is 1.56. The SMILES string of the molecule is O=C1NC(c2ccnc(C#CC3CC(F)(F)C3)c2)C(c2ccccc2)O1. The van der Waals surface area contributed by atoms with Crippen molar-refractivity contribution in [2.45, 2.75) is 30.9 Å². The Morgan fingerprint density at radius 3 is 2.65 bits per heavy atom. The van der Waals surface area contributed by atoms with Crippen LogP contribution < -0.4 is 5.32 Å². The first-order valence-electron chi connectivity index (χ1n) is 8.38. The Labute approximate surface area is 149 Å². The molecule has 1 aliphatic carbocycles. The summed E-state index contributed by atoms with van der Waals surface area (Å²) < 4.78 is 31.2. The number of nitrogens with one attached hydrogen (secondary N) is 1. The van der Waals surface area contributed by atoms with Crippen molar-refractivity contribution >= 4 is 6.09 Å². The summed E-state index contributed by atoms with van der Waals surface area (Å²) in [6, 6.07) is 12.7. The molecule has 132 valence electrons. The highest BCUT2D eigenvalue weighted by atomic mass is 19.3. The molecule has 4 rings (SSSR count). The standard InChI is InChI=1S/C20H16F2N2O2/c21-20(22)11-13(12-20)6-7-16-10-15(8-9-23-16)17-18(26-19(25)24-17)14-4-2-1-3-5-14/h1-5,8-10,13,17-18H,11-12H2,(H,24,25). The van der Waals surface area contributed by atoms with Crippen LogP contribution in [0, 0.1) is 17.8 Å². The second-order valence-electron chi connectivity index (χ2n) is 6.56. The van der Waals surface area contributed by atoms with Gasteiger partial charge in [-0.05, 0) is 29.2 Å². The van der Waals surface area contributed by atoms with E-state index >= 15 is 0 Å². The molecule has 1 aliphatic heterocycles. The minimum absolute atomic E-state index is 0.192. The smallest absolute Gasteiger partial charge is 0.408 e. The number of alkyl halides is 2. The number of pyridine rings is 1. The molecule has 1 saturated heterocycles. The van der Waals surface area contributed by atoms with E-state index in [0.29, 0.717) is 5.69 Å². The first-order valence-corrected chi connectivity index (χ1v) is 8.38. The molecule has 2 aliphatic rings. The molecule has 0 spiro atoms. The van der Waals surface area contributed by atoms with E-state index in [-0.39, 0.29) is 24.8 Å². The third-order valence-corrected chi connectivity index (χ3v) is 4.58.